The van der Waals surface area contributed by atoms with Crippen molar-refractivity contribution in [2.45, 2.75) is 25.3 Å². The molecule has 0 radical (unpaired) electrons. The van der Waals surface area contributed by atoms with Gasteiger partial charge in [0.1, 0.15) is 6.04 Å². The van der Waals surface area contributed by atoms with Crippen LogP contribution in [0.15, 0.2) is 24.3 Å². The Morgan fingerprint density at radius 3 is 2.87 bits per heavy atom. The van der Waals surface area contributed by atoms with E-state index in [0.29, 0.717) is 32.5 Å². The van der Waals surface area contributed by atoms with E-state index in [1.165, 1.54) is 0 Å². The van der Waals surface area contributed by atoms with Gasteiger partial charge in [-0.25, -0.2) is 0 Å². The van der Waals surface area contributed by atoms with Crippen molar-refractivity contribution in [3.05, 3.63) is 35.4 Å². The third kappa shape index (κ3) is 4.08. The Kier molecular flexibility index (Phi) is 5.72. The molecule has 2 amide bonds. The number of rotatable bonds is 6. The molecular formula is C17H22N4O2. The first-order valence-electron chi connectivity index (χ1n) is 7.76. The molecule has 6 nitrogen and oxygen atoms in total. The summed E-state index contributed by atoms with van der Waals surface area (Å²) < 4.78 is 0. The number of carbonyl (C=O) groups excluding carboxylic acids is 2. The lowest BCUT2D eigenvalue weighted by Gasteiger charge is -2.35. The minimum Gasteiger partial charge on any atom is -0.368 e. The number of benzene rings is 1. The van der Waals surface area contributed by atoms with Crippen LogP contribution in [-0.4, -0.2) is 48.3 Å². The summed E-state index contributed by atoms with van der Waals surface area (Å²) in [7, 11) is 1.69. The first-order chi connectivity index (χ1) is 11.0. The Bertz CT molecular complexity index is 623. The van der Waals surface area contributed by atoms with Crippen LogP contribution in [0.25, 0.3) is 0 Å². The summed E-state index contributed by atoms with van der Waals surface area (Å²) in [5, 5.41) is 8.57. The van der Waals surface area contributed by atoms with Gasteiger partial charge in [-0.3, -0.25) is 14.5 Å². The van der Waals surface area contributed by atoms with Crippen molar-refractivity contribution < 1.29 is 9.59 Å². The third-order valence-electron chi connectivity index (χ3n) is 4.25. The topological polar surface area (TPSA) is 90.4 Å². The zero-order valence-corrected chi connectivity index (χ0v) is 13.4. The molecule has 122 valence electrons. The van der Waals surface area contributed by atoms with Gasteiger partial charge in [0, 0.05) is 33.1 Å². The molecule has 0 aromatic heterocycles. The molecule has 1 aromatic rings. The van der Waals surface area contributed by atoms with Gasteiger partial charge in [-0.2, -0.15) is 5.26 Å². The van der Waals surface area contributed by atoms with Crippen molar-refractivity contribution in [3.63, 3.8) is 0 Å². The Morgan fingerprint density at radius 1 is 1.43 bits per heavy atom. The second-order valence-corrected chi connectivity index (χ2v) is 5.76. The van der Waals surface area contributed by atoms with E-state index in [0.717, 1.165) is 17.5 Å². The highest BCUT2D eigenvalue weighted by molar-refractivity contribution is 5.82. The average Bonchev–Trinajstić information content (AvgIpc) is 2.56. The standard InChI is InChI=1S/C17H22N4O2/c1-20(10-4-9-18)15(22)8-12-21-11-7-13-5-2-3-6-14(13)16(21)17(19)23/h2-3,5-6,16H,4,7-8,10-12H2,1H3,(H2,19,23). The quantitative estimate of drug-likeness (QED) is 0.842. The Morgan fingerprint density at radius 2 is 2.17 bits per heavy atom. The molecule has 1 aliphatic rings. The summed E-state index contributed by atoms with van der Waals surface area (Å²) in [6.45, 7) is 1.62. The summed E-state index contributed by atoms with van der Waals surface area (Å²) in [4.78, 5) is 27.5. The van der Waals surface area contributed by atoms with Crippen LogP contribution in [0.1, 0.15) is 30.0 Å². The van der Waals surface area contributed by atoms with Gasteiger partial charge in [-0.15, -0.1) is 0 Å². The van der Waals surface area contributed by atoms with Crippen molar-refractivity contribution in [2.75, 3.05) is 26.7 Å². The first kappa shape index (κ1) is 17.0. The van der Waals surface area contributed by atoms with Gasteiger partial charge in [0.25, 0.3) is 0 Å². The van der Waals surface area contributed by atoms with E-state index in [1.54, 1.807) is 11.9 Å². The van der Waals surface area contributed by atoms with Crippen molar-refractivity contribution in [2.24, 2.45) is 5.73 Å². The molecule has 6 heteroatoms. The minimum absolute atomic E-state index is 0.0256. The van der Waals surface area contributed by atoms with Gasteiger partial charge in [0.15, 0.2) is 0 Å². The van der Waals surface area contributed by atoms with E-state index in [-0.39, 0.29) is 11.8 Å². The molecule has 0 saturated heterocycles. The minimum atomic E-state index is -0.475. The zero-order chi connectivity index (χ0) is 16.8. The van der Waals surface area contributed by atoms with Crippen molar-refractivity contribution in [3.8, 4) is 6.07 Å². The van der Waals surface area contributed by atoms with E-state index in [9.17, 15) is 9.59 Å². The van der Waals surface area contributed by atoms with Gasteiger partial charge in [0.2, 0.25) is 11.8 Å². The lowest BCUT2D eigenvalue weighted by molar-refractivity contribution is -0.131. The molecule has 1 heterocycles. The van der Waals surface area contributed by atoms with Gasteiger partial charge >= 0.3 is 0 Å². The molecule has 0 spiro atoms. The molecule has 0 fully saturated rings. The van der Waals surface area contributed by atoms with Crippen LogP contribution in [0.4, 0.5) is 0 Å². The number of nitriles is 1. The third-order valence-corrected chi connectivity index (χ3v) is 4.25. The van der Waals surface area contributed by atoms with Crippen LogP contribution in [0, 0.1) is 11.3 Å². The fourth-order valence-corrected chi connectivity index (χ4v) is 2.97. The van der Waals surface area contributed by atoms with Crippen LogP contribution in [0.5, 0.6) is 0 Å². The lowest BCUT2D eigenvalue weighted by Crippen LogP contribution is -2.44. The number of nitrogens with zero attached hydrogens (tertiary/aromatic N) is 3. The molecule has 2 rings (SSSR count). The van der Waals surface area contributed by atoms with E-state index in [4.69, 9.17) is 11.0 Å². The maximum Gasteiger partial charge on any atom is 0.239 e. The highest BCUT2D eigenvalue weighted by Crippen LogP contribution is 2.29. The fraction of sp³-hybridized carbons (Fsp3) is 0.471. The van der Waals surface area contributed by atoms with E-state index < -0.39 is 6.04 Å². The second-order valence-electron chi connectivity index (χ2n) is 5.76. The van der Waals surface area contributed by atoms with Crippen molar-refractivity contribution in [1.29, 1.82) is 5.26 Å². The number of hydrogen-bond acceptors (Lipinski definition) is 4. The number of hydrogen-bond donors (Lipinski definition) is 1. The highest BCUT2D eigenvalue weighted by Gasteiger charge is 2.31. The first-order valence-corrected chi connectivity index (χ1v) is 7.76. The smallest absolute Gasteiger partial charge is 0.239 e. The summed E-state index contributed by atoms with van der Waals surface area (Å²) >= 11 is 0. The number of carbonyl (C=O) groups is 2. The normalized spacial score (nSPS) is 17.1. The summed E-state index contributed by atoms with van der Waals surface area (Å²) in [5.74, 6) is -0.412. The van der Waals surface area contributed by atoms with E-state index >= 15 is 0 Å². The molecule has 1 atom stereocenters. The maximum absolute atomic E-state index is 12.1. The lowest BCUT2D eigenvalue weighted by atomic mass is 9.92. The Labute approximate surface area is 136 Å². The molecule has 0 bridgehead atoms. The van der Waals surface area contributed by atoms with Crippen molar-refractivity contribution in [1.82, 2.24) is 9.80 Å². The van der Waals surface area contributed by atoms with Gasteiger partial charge in [-0.1, -0.05) is 24.3 Å². The molecule has 1 unspecified atom stereocenters. The molecule has 2 N–H and O–H groups in total. The summed E-state index contributed by atoms with van der Waals surface area (Å²) in [6, 6.07) is 9.36. The van der Waals surface area contributed by atoms with Crippen molar-refractivity contribution >= 4 is 11.8 Å². The molecule has 1 aliphatic heterocycles. The number of fused-ring (bicyclic) bond motifs is 1. The molecule has 0 saturated carbocycles. The molecule has 23 heavy (non-hydrogen) atoms. The van der Waals surface area contributed by atoms with Crippen LogP contribution in [0.2, 0.25) is 0 Å². The molecule has 0 aliphatic carbocycles. The van der Waals surface area contributed by atoms with Crippen LogP contribution < -0.4 is 5.73 Å². The van der Waals surface area contributed by atoms with Gasteiger partial charge in [-0.05, 0) is 17.5 Å². The number of nitrogens with two attached hydrogens (primary N) is 1. The van der Waals surface area contributed by atoms with E-state index in [1.807, 2.05) is 35.2 Å². The summed E-state index contributed by atoms with van der Waals surface area (Å²) in [5.41, 5.74) is 7.68. The predicted molar refractivity (Wildman–Crippen MR) is 86.1 cm³/mol. The van der Waals surface area contributed by atoms with Crippen LogP contribution in [0.3, 0.4) is 0 Å². The molecular weight excluding hydrogens is 292 g/mol. The SMILES string of the molecule is CN(CCC#N)C(=O)CCN1CCc2ccccc2C1C(N)=O. The predicted octanol–water partition coefficient (Wildman–Crippen LogP) is 0.833. The highest BCUT2D eigenvalue weighted by atomic mass is 16.2. The average molecular weight is 314 g/mol. The Balaban J connectivity index is 2.02. The summed E-state index contributed by atoms with van der Waals surface area (Å²) in [6.07, 6.45) is 1.48. The van der Waals surface area contributed by atoms with Gasteiger partial charge in [0.05, 0.1) is 12.5 Å². The second kappa shape index (κ2) is 7.75. The zero-order valence-electron chi connectivity index (χ0n) is 13.4. The largest absolute Gasteiger partial charge is 0.368 e. The molecule has 1 aromatic carbocycles. The number of primary amides is 1. The van der Waals surface area contributed by atoms with Crippen LogP contribution >= 0.6 is 0 Å². The maximum atomic E-state index is 12.1. The monoisotopic (exact) mass is 314 g/mol. The fourth-order valence-electron chi connectivity index (χ4n) is 2.97. The van der Waals surface area contributed by atoms with Gasteiger partial charge < -0.3 is 10.6 Å². The Hall–Kier alpha value is -2.39. The van der Waals surface area contributed by atoms with E-state index in [2.05, 4.69) is 0 Å². The van der Waals surface area contributed by atoms with Crippen LogP contribution in [-0.2, 0) is 16.0 Å². The number of amides is 2.